The lowest BCUT2D eigenvalue weighted by atomic mass is 9.98. The van der Waals surface area contributed by atoms with E-state index in [0.29, 0.717) is 5.92 Å². The van der Waals surface area contributed by atoms with Crippen LogP contribution in [0.3, 0.4) is 0 Å². The van der Waals surface area contributed by atoms with Crippen molar-refractivity contribution in [2.24, 2.45) is 5.92 Å². The molecule has 2 aliphatic rings. The van der Waals surface area contributed by atoms with Gasteiger partial charge in [0.15, 0.2) is 0 Å². The SMILES string of the molecule is CC(C)CN1C(=O)C(=C2C=CCC=C2)c2ccccc21. The molecule has 0 atom stereocenters. The largest absolute Gasteiger partial charge is 0.307 e. The summed E-state index contributed by atoms with van der Waals surface area (Å²) in [4.78, 5) is 14.7. The minimum absolute atomic E-state index is 0.131. The molecule has 102 valence electrons. The molecule has 3 rings (SSSR count). The van der Waals surface area contributed by atoms with Gasteiger partial charge in [-0.3, -0.25) is 4.79 Å². The minimum Gasteiger partial charge on any atom is -0.307 e. The number of anilines is 1. The minimum atomic E-state index is 0.131. The Kier molecular flexibility index (Phi) is 3.31. The van der Waals surface area contributed by atoms with Gasteiger partial charge in [0.25, 0.3) is 5.91 Å². The number of carbonyl (C=O) groups excluding carboxylic acids is 1. The van der Waals surface area contributed by atoms with E-state index in [0.717, 1.165) is 35.4 Å². The van der Waals surface area contributed by atoms with Crippen LogP contribution in [0.5, 0.6) is 0 Å². The molecule has 20 heavy (non-hydrogen) atoms. The Morgan fingerprint density at radius 1 is 1.15 bits per heavy atom. The lowest BCUT2D eigenvalue weighted by Crippen LogP contribution is -2.30. The van der Waals surface area contributed by atoms with Gasteiger partial charge in [0.1, 0.15) is 0 Å². The summed E-state index contributed by atoms with van der Waals surface area (Å²) in [6.45, 7) is 5.04. The Labute approximate surface area is 120 Å². The van der Waals surface area contributed by atoms with E-state index in [2.05, 4.69) is 38.2 Å². The van der Waals surface area contributed by atoms with Crippen molar-refractivity contribution < 1.29 is 4.79 Å². The van der Waals surface area contributed by atoms with Gasteiger partial charge >= 0.3 is 0 Å². The van der Waals surface area contributed by atoms with Crippen LogP contribution in [0.4, 0.5) is 5.69 Å². The lowest BCUT2D eigenvalue weighted by molar-refractivity contribution is -0.113. The summed E-state index contributed by atoms with van der Waals surface area (Å²) in [7, 11) is 0. The molecule has 0 fully saturated rings. The molecule has 0 radical (unpaired) electrons. The molecule has 1 heterocycles. The van der Waals surface area contributed by atoms with Crippen LogP contribution in [-0.2, 0) is 4.79 Å². The number of amides is 1. The first-order valence-corrected chi connectivity index (χ1v) is 7.17. The number of allylic oxidation sites excluding steroid dienone is 5. The summed E-state index contributed by atoms with van der Waals surface area (Å²) in [5.74, 6) is 0.583. The second-order valence-electron chi connectivity index (χ2n) is 5.70. The van der Waals surface area contributed by atoms with E-state index in [1.54, 1.807) is 0 Å². The van der Waals surface area contributed by atoms with Gasteiger partial charge in [-0.15, -0.1) is 0 Å². The molecule has 2 nitrogen and oxygen atoms in total. The third kappa shape index (κ3) is 2.11. The van der Waals surface area contributed by atoms with Crippen molar-refractivity contribution in [1.29, 1.82) is 0 Å². The highest BCUT2D eigenvalue weighted by Crippen LogP contribution is 2.39. The van der Waals surface area contributed by atoms with E-state index in [4.69, 9.17) is 0 Å². The lowest BCUT2D eigenvalue weighted by Gasteiger charge is -2.19. The maximum Gasteiger partial charge on any atom is 0.259 e. The molecule has 0 aromatic heterocycles. The van der Waals surface area contributed by atoms with E-state index in [1.165, 1.54) is 0 Å². The number of benzene rings is 1. The Bertz CT molecular complexity index is 621. The molecular formula is C18H19NO. The quantitative estimate of drug-likeness (QED) is 0.741. The number of nitrogens with zero attached hydrogens (tertiary/aromatic N) is 1. The summed E-state index contributed by atoms with van der Waals surface area (Å²) in [5.41, 5.74) is 3.97. The molecule has 0 N–H and O–H groups in total. The van der Waals surface area contributed by atoms with E-state index in [9.17, 15) is 4.79 Å². The fourth-order valence-electron chi connectivity index (χ4n) is 2.80. The molecule has 0 unspecified atom stereocenters. The summed E-state index contributed by atoms with van der Waals surface area (Å²) in [6.07, 6.45) is 9.26. The summed E-state index contributed by atoms with van der Waals surface area (Å²) >= 11 is 0. The van der Waals surface area contributed by atoms with E-state index in [1.807, 2.05) is 29.2 Å². The first-order chi connectivity index (χ1) is 9.68. The van der Waals surface area contributed by atoms with Gasteiger partial charge in [-0.1, -0.05) is 56.4 Å². The topological polar surface area (TPSA) is 20.3 Å². The number of fused-ring (bicyclic) bond motifs is 1. The van der Waals surface area contributed by atoms with E-state index >= 15 is 0 Å². The predicted molar refractivity (Wildman–Crippen MR) is 83.5 cm³/mol. The van der Waals surface area contributed by atoms with Crippen LogP contribution in [-0.4, -0.2) is 12.5 Å². The number of hydrogen-bond acceptors (Lipinski definition) is 1. The highest BCUT2D eigenvalue weighted by atomic mass is 16.2. The van der Waals surface area contributed by atoms with Gasteiger partial charge in [-0.25, -0.2) is 0 Å². The average Bonchev–Trinajstić information content (AvgIpc) is 2.72. The second kappa shape index (κ2) is 5.12. The Hall–Kier alpha value is -2.09. The van der Waals surface area contributed by atoms with Crippen molar-refractivity contribution in [3.05, 3.63) is 59.7 Å². The van der Waals surface area contributed by atoms with Crippen LogP contribution in [0.1, 0.15) is 25.8 Å². The fraction of sp³-hybridized carbons (Fsp3) is 0.278. The van der Waals surface area contributed by atoms with Gasteiger partial charge in [-0.05, 0) is 24.0 Å². The van der Waals surface area contributed by atoms with Crippen molar-refractivity contribution >= 4 is 17.2 Å². The summed E-state index contributed by atoms with van der Waals surface area (Å²) in [6, 6.07) is 8.09. The van der Waals surface area contributed by atoms with E-state index < -0.39 is 0 Å². The molecule has 1 aliphatic carbocycles. The number of para-hydroxylation sites is 1. The summed E-state index contributed by atoms with van der Waals surface area (Å²) in [5, 5.41) is 0. The van der Waals surface area contributed by atoms with Gasteiger partial charge in [0, 0.05) is 12.1 Å². The second-order valence-corrected chi connectivity index (χ2v) is 5.70. The zero-order valence-electron chi connectivity index (χ0n) is 12.0. The maximum atomic E-state index is 12.8. The fourth-order valence-corrected chi connectivity index (χ4v) is 2.80. The van der Waals surface area contributed by atoms with Crippen molar-refractivity contribution in [1.82, 2.24) is 0 Å². The highest BCUT2D eigenvalue weighted by Gasteiger charge is 2.33. The molecule has 1 amide bonds. The predicted octanol–water partition coefficient (Wildman–Crippen LogP) is 3.96. The van der Waals surface area contributed by atoms with Crippen LogP contribution in [0.2, 0.25) is 0 Å². The molecule has 0 spiro atoms. The molecule has 1 aliphatic heterocycles. The molecule has 2 heteroatoms. The zero-order chi connectivity index (χ0) is 14.1. The zero-order valence-corrected chi connectivity index (χ0v) is 12.0. The van der Waals surface area contributed by atoms with Gasteiger partial charge in [0.05, 0.1) is 11.3 Å². The average molecular weight is 265 g/mol. The van der Waals surface area contributed by atoms with Crippen LogP contribution < -0.4 is 4.90 Å². The van der Waals surface area contributed by atoms with Crippen molar-refractivity contribution in [2.45, 2.75) is 20.3 Å². The van der Waals surface area contributed by atoms with Gasteiger partial charge in [-0.2, -0.15) is 0 Å². The molecule has 0 saturated carbocycles. The van der Waals surface area contributed by atoms with Crippen LogP contribution in [0, 0.1) is 5.92 Å². The third-order valence-electron chi connectivity index (χ3n) is 3.63. The number of carbonyl (C=O) groups is 1. The third-order valence-corrected chi connectivity index (χ3v) is 3.63. The molecular weight excluding hydrogens is 246 g/mol. The molecule has 0 saturated heterocycles. The standard InChI is InChI=1S/C18H19NO/c1-13(2)12-19-16-11-7-6-10-15(16)17(18(19)20)14-8-4-3-5-9-14/h4-11,13H,3,12H2,1-2H3. The monoisotopic (exact) mass is 265 g/mol. The Morgan fingerprint density at radius 2 is 1.85 bits per heavy atom. The van der Waals surface area contributed by atoms with Crippen molar-refractivity contribution in [3.63, 3.8) is 0 Å². The van der Waals surface area contributed by atoms with Crippen LogP contribution in [0.15, 0.2) is 54.1 Å². The number of rotatable bonds is 2. The highest BCUT2D eigenvalue weighted by molar-refractivity contribution is 6.33. The van der Waals surface area contributed by atoms with Crippen LogP contribution in [0.25, 0.3) is 5.57 Å². The maximum absolute atomic E-state index is 12.8. The van der Waals surface area contributed by atoms with Crippen LogP contribution >= 0.6 is 0 Å². The Morgan fingerprint density at radius 3 is 2.55 bits per heavy atom. The Balaban J connectivity index is 2.14. The molecule has 1 aromatic rings. The summed E-state index contributed by atoms with van der Waals surface area (Å²) < 4.78 is 0. The smallest absolute Gasteiger partial charge is 0.259 e. The van der Waals surface area contributed by atoms with Crippen molar-refractivity contribution in [3.8, 4) is 0 Å². The first-order valence-electron chi connectivity index (χ1n) is 7.17. The molecule has 1 aromatic carbocycles. The van der Waals surface area contributed by atoms with Crippen molar-refractivity contribution in [2.75, 3.05) is 11.4 Å². The van der Waals surface area contributed by atoms with E-state index in [-0.39, 0.29) is 5.91 Å². The number of hydrogen-bond donors (Lipinski definition) is 0. The molecule has 0 bridgehead atoms. The first kappa shape index (κ1) is 12.9. The van der Waals surface area contributed by atoms with Gasteiger partial charge in [0.2, 0.25) is 0 Å². The normalized spacial score (nSPS) is 17.4. The van der Waals surface area contributed by atoms with Gasteiger partial charge < -0.3 is 4.90 Å².